The van der Waals surface area contributed by atoms with Gasteiger partial charge in [-0.15, -0.1) is 0 Å². The zero-order chi connectivity index (χ0) is 14.8. The van der Waals surface area contributed by atoms with Crippen LogP contribution in [0.25, 0.3) is 0 Å². The summed E-state index contributed by atoms with van der Waals surface area (Å²) in [6.07, 6.45) is 3.95. The zero-order valence-electron chi connectivity index (χ0n) is 12.6. The normalized spacial score (nSPS) is 32.1. The van der Waals surface area contributed by atoms with Crippen molar-refractivity contribution in [3.8, 4) is 0 Å². The van der Waals surface area contributed by atoms with Crippen molar-refractivity contribution in [2.75, 3.05) is 20.2 Å². The number of piperidine rings is 1. The van der Waals surface area contributed by atoms with Gasteiger partial charge in [0.15, 0.2) is 0 Å². The van der Waals surface area contributed by atoms with E-state index in [1.54, 1.807) is 0 Å². The van der Waals surface area contributed by atoms with E-state index in [-0.39, 0.29) is 5.97 Å². The molecule has 116 valence electrons. The van der Waals surface area contributed by atoms with Crippen molar-refractivity contribution >= 4 is 13.6 Å². The Hall–Kier alpha value is -0.420. The number of fused-ring (bicyclic) bond motifs is 1. The van der Waals surface area contributed by atoms with Crippen molar-refractivity contribution < 1.29 is 14.1 Å². The third-order valence-electron chi connectivity index (χ3n) is 4.02. The number of nitrogens with zero attached hydrogens (tertiary/aromatic N) is 1. The predicted molar refractivity (Wildman–Crippen MR) is 78.3 cm³/mol. The molecule has 0 bridgehead atoms. The molecule has 0 amide bonds. The lowest BCUT2D eigenvalue weighted by Crippen LogP contribution is -2.43. The lowest BCUT2D eigenvalue weighted by molar-refractivity contribution is -0.143. The maximum atomic E-state index is 13.1. The second-order valence-corrected chi connectivity index (χ2v) is 8.33. The van der Waals surface area contributed by atoms with Crippen LogP contribution in [0, 0.1) is 5.92 Å². The van der Waals surface area contributed by atoms with Crippen LogP contribution in [-0.2, 0) is 14.1 Å². The van der Waals surface area contributed by atoms with Crippen LogP contribution >= 0.6 is 7.59 Å². The first-order valence-electron chi connectivity index (χ1n) is 7.44. The number of rotatable bonds is 5. The monoisotopic (exact) mass is 303 g/mol. The number of nitrogens with one attached hydrogen (secondary N) is 2. The molecule has 2 heterocycles. The van der Waals surface area contributed by atoms with E-state index in [1.807, 2.05) is 18.5 Å². The van der Waals surface area contributed by atoms with E-state index < -0.39 is 13.6 Å². The van der Waals surface area contributed by atoms with E-state index in [0.29, 0.717) is 18.4 Å². The minimum Gasteiger partial charge on any atom is -0.468 e. The highest BCUT2D eigenvalue weighted by Crippen LogP contribution is 2.50. The molecule has 2 rings (SSSR count). The van der Waals surface area contributed by atoms with E-state index in [4.69, 9.17) is 4.74 Å². The standard InChI is InChI=1S/C13H26N3O3P/c1-10(2)8-12(13(17)19-3)15-20(18)14-9-11-6-4-5-7-16(11)20/h10-12H,4-9H2,1-3H3,(H2,14,15,18). The minimum atomic E-state index is -2.85. The molecule has 0 aromatic rings. The molecular formula is C13H26N3O3P. The quantitative estimate of drug-likeness (QED) is 0.595. The summed E-state index contributed by atoms with van der Waals surface area (Å²) in [5.74, 6) is -0.00543. The number of hydrogen-bond acceptors (Lipinski definition) is 3. The third-order valence-corrected chi connectivity index (χ3v) is 6.55. The molecule has 20 heavy (non-hydrogen) atoms. The SMILES string of the molecule is COC(=O)C(CC(C)C)NP1(=O)NCC2CCCCN21. The highest BCUT2D eigenvalue weighted by Gasteiger charge is 2.45. The van der Waals surface area contributed by atoms with E-state index in [1.165, 1.54) is 13.5 Å². The van der Waals surface area contributed by atoms with Crippen molar-refractivity contribution in [1.82, 2.24) is 14.8 Å². The summed E-state index contributed by atoms with van der Waals surface area (Å²) in [5, 5.41) is 6.19. The topological polar surface area (TPSA) is 70.7 Å². The maximum Gasteiger partial charge on any atom is 0.323 e. The van der Waals surface area contributed by atoms with Gasteiger partial charge in [0.05, 0.1) is 7.11 Å². The molecule has 3 atom stereocenters. The molecule has 2 aliphatic heterocycles. The molecular weight excluding hydrogens is 277 g/mol. The summed E-state index contributed by atoms with van der Waals surface area (Å²) < 4.78 is 20.0. The van der Waals surface area contributed by atoms with Gasteiger partial charge in [-0.05, 0) is 25.2 Å². The summed E-state index contributed by atoms with van der Waals surface area (Å²) in [7, 11) is -1.47. The lowest BCUT2D eigenvalue weighted by atomic mass is 10.1. The lowest BCUT2D eigenvalue weighted by Gasteiger charge is -2.34. The molecule has 0 aromatic heterocycles. The molecule has 6 nitrogen and oxygen atoms in total. The number of esters is 1. The van der Waals surface area contributed by atoms with Gasteiger partial charge in [0.25, 0.3) is 7.59 Å². The van der Waals surface area contributed by atoms with E-state index in [0.717, 1.165) is 25.9 Å². The summed E-state index contributed by atoms with van der Waals surface area (Å²) in [6.45, 7) is 5.65. The Labute approximate surface area is 121 Å². The molecule has 0 spiro atoms. The fraction of sp³-hybridized carbons (Fsp3) is 0.923. The fourth-order valence-corrected chi connectivity index (χ4v) is 5.62. The van der Waals surface area contributed by atoms with Gasteiger partial charge < -0.3 is 4.74 Å². The van der Waals surface area contributed by atoms with Crippen LogP contribution in [0.15, 0.2) is 0 Å². The summed E-state index contributed by atoms with van der Waals surface area (Å²) >= 11 is 0. The average molecular weight is 303 g/mol. The van der Waals surface area contributed by atoms with Gasteiger partial charge in [0.1, 0.15) is 6.04 Å². The maximum absolute atomic E-state index is 13.1. The van der Waals surface area contributed by atoms with Crippen molar-refractivity contribution in [3.63, 3.8) is 0 Å². The Morgan fingerprint density at radius 2 is 2.25 bits per heavy atom. The second-order valence-electron chi connectivity index (χ2n) is 6.09. The Kier molecular flexibility index (Phi) is 5.24. The van der Waals surface area contributed by atoms with E-state index in [9.17, 15) is 9.36 Å². The number of methoxy groups -OCH3 is 1. The molecule has 0 saturated carbocycles. The Morgan fingerprint density at radius 3 is 2.90 bits per heavy atom. The molecule has 2 N–H and O–H groups in total. The van der Waals surface area contributed by atoms with Crippen molar-refractivity contribution in [2.45, 2.75) is 51.6 Å². The molecule has 7 heteroatoms. The summed E-state index contributed by atoms with van der Waals surface area (Å²) in [5.41, 5.74) is 0. The van der Waals surface area contributed by atoms with Crippen LogP contribution in [0.3, 0.4) is 0 Å². The number of ether oxygens (including phenoxy) is 1. The molecule has 0 aromatic carbocycles. The Balaban J connectivity index is 2.08. The van der Waals surface area contributed by atoms with Crippen LogP contribution in [0.5, 0.6) is 0 Å². The van der Waals surface area contributed by atoms with Crippen LogP contribution in [0.1, 0.15) is 39.5 Å². The van der Waals surface area contributed by atoms with Gasteiger partial charge in [-0.2, -0.15) is 0 Å². The van der Waals surface area contributed by atoms with Crippen LogP contribution in [0.4, 0.5) is 0 Å². The van der Waals surface area contributed by atoms with Crippen LogP contribution in [0.2, 0.25) is 0 Å². The van der Waals surface area contributed by atoms with Crippen molar-refractivity contribution in [2.24, 2.45) is 5.92 Å². The third kappa shape index (κ3) is 3.42. The van der Waals surface area contributed by atoms with Gasteiger partial charge in [-0.25, -0.2) is 14.8 Å². The number of carbonyl (C=O) groups is 1. The molecule has 2 fully saturated rings. The van der Waals surface area contributed by atoms with Gasteiger partial charge in [0, 0.05) is 19.1 Å². The molecule has 2 aliphatic rings. The predicted octanol–water partition coefficient (Wildman–Crippen LogP) is 1.73. The average Bonchev–Trinajstić information content (AvgIpc) is 2.75. The second kappa shape index (κ2) is 6.56. The van der Waals surface area contributed by atoms with Crippen molar-refractivity contribution in [3.05, 3.63) is 0 Å². The van der Waals surface area contributed by atoms with Gasteiger partial charge in [-0.1, -0.05) is 20.3 Å². The fourth-order valence-electron chi connectivity index (χ4n) is 3.03. The molecule has 2 saturated heterocycles. The zero-order valence-corrected chi connectivity index (χ0v) is 13.5. The van der Waals surface area contributed by atoms with Gasteiger partial charge in [0.2, 0.25) is 0 Å². The van der Waals surface area contributed by atoms with E-state index in [2.05, 4.69) is 10.2 Å². The van der Waals surface area contributed by atoms with Crippen LogP contribution < -0.4 is 10.2 Å². The van der Waals surface area contributed by atoms with Crippen LogP contribution in [-0.4, -0.2) is 42.9 Å². The van der Waals surface area contributed by atoms with Gasteiger partial charge in [-0.3, -0.25) is 9.36 Å². The van der Waals surface area contributed by atoms with Gasteiger partial charge >= 0.3 is 5.97 Å². The first-order chi connectivity index (χ1) is 9.46. The highest BCUT2D eigenvalue weighted by atomic mass is 31.2. The number of carbonyl (C=O) groups excluding carboxylic acids is 1. The minimum absolute atomic E-state index is 0.331. The molecule has 3 unspecified atom stereocenters. The smallest absolute Gasteiger partial charge is 0.323 e. The Morgan fingerprint density at radius 1 is 1.50 bits per heavy atom. The Bertz CT molecular complexity index is 402. The molecule has 0 radical (unpaired) electrons. The largest absolute Gasteiger partial charge is 0.468 e. The van der Waals surface area contributed by atoms with Crippen molar-refractivity contribution in [1.29, 1.82) is 0 Å². The highest BCUT2D eigenvalue weighted by molar-refractivity contribution is 7.57. The number of hydrogen-bond donors (Lipinski definition) is 2. The first kappa shape index (κ1) is 16.0. The summed E-state index contributed by atoms with van der Waals surface area (Å²) in [4.78, 5) is 11.9. The molecule has 0 aliphatic carbocycles. The van der Waals surface area contributed by atoms with E-state index >= 15 is 0 Å². The first-order valence-corrected chi connectivity index (χ1v) is 9.10. The summed E-state index contributed by atoms with van der Waals surface area (Å²) in [6, 6.07) is -0.182.